The fourth-order valence-electron chi connectivity index (χ4n) is 2.95. The van der Waals surface area contributed by atoms with Crippen LogP contribution in [0.5, 0.6) is 0 Å². The molecule has 108 valence electrons. The number of rotatable bonds is 4. The molecule has 2 aromatic carbocycles. The molecule has 0 amide bonds. The molecule has 0 saturated heterocycles. The maximum absolute atomic E-state index is 12.4. The van der Waals surface area contributed by atoms with E-state index in [1.54, 1.807) is 0 Å². The summed E-state index contributed by atoms with van der Waals surface area (Å²) in [6, 6.07) is 16.4. The van der Waals surface area contributed by atoms with Crippen LogP contribution in [0.15, 0.2) is 48.5 Å². The van der Waals surface area contributed by atoms with E-state index in [0.29, 0.717) is 19.4 Å². The molecule has 2 aromatic rings. The summed E-state index contributed by atoms with van der Waals surface area (Å²) in [4.78, 5) is 12.4. The van der Waals surface area contributed by atoms with Gasteiger partial charge in [0.15, 0.2) is 0 Å². The molecule has 0 spiro atoms. The lowest BCUT2D eigenvalue weighted by Gasteiger charge is -2.25. The number of carbonyl (C=O) groups excluding carboxylic acids is 1. The number of benzene rings is 2. The van der Waals surface area contributed by atoms with E-state index in [1.165, 1.54) is 16.7 Å². The zero-order chi connectivity index (χ0) is 14.7. The summed E-state index contributed by atoms with van der Waals surface area (Å²) in [5, 5.41) is 0. The van der Waals surface area contributed by atoms with Gasteiger partial charge >= 0.3 is 0 Å². The van der Waals surface area contributed by atoms with Gasteiger partial charge in [-0.1, -0.05) is 48.5 Å². The molecule has 1 unspecified atom stereocenters. The first-order chi connectivity index (χ1) is 10.2. The van der Waals surface area contributed by atoms with Gasteiger partial charge in [-0.3, -0.25) is 4.79 Å². The lowest BCUT2D eigenvalue weighted by Crippen LogP contribution is -2.19. The molecule has 21 heavy (non-hydrogen) atoms. The van der Waals surface area contributed by atoms with Gasteiger partial charge in [-0.25, -0.2) is 0 Å². The maximum atomic E-state index is 12.4. The summed E-state index contributed by atoms with van der Waals surface area (Å²) in [6.45, 7) is 2.76. The van der Waals surface area contributed by atoms with Gasteiger partial charge in [-0.2, -0.15) is 0 Å². The zero-order valence-electron chi connectivity index (χ0n) is 12.3. The molecule has 0 saturated carbocycles. The Morgan fingerprint density at radius 1 is 1.14 bits per heavy atom. The first-order valence-corrected chi connectivity index (χ1v) is 7.49. The van der Waals surface area contributed by atoms with Gasteiger partial charge in [-0.05, 0) is 35.6 Å². The van der Waals surface area contributed by atoms with Crippen LogP contribution in [0.2, 0.25) is 0 Å². The molecule has 2 heteroatoms. The number of ketones is 1. The first kappa shape index (κ1) is 14.0. The minimum atomic E-state index is -0.0773. The number of hydrogen-bond acceptors (Lipinski definition) is 2. The number of aryl methyl sites for hydroxylation is 1. The van der Waals surface area contributed by atoms with Crippen LogP contribution in [0.25, 0.3) is 0 Å². The van der Waals surface area contributed by atoms with Gasteiger partial charge < -0.3 is 4.74 Å². The molecule has 0 N–H and O–H groups in total. The number of ether oxygens (including phenoxy) is 1. The second-order valence-corrected chi connectivity index (χ2v) is 5.65. The number of carbonyl (C=O) groups is 1. The van der Waals surface area contributed by atoms with Crippen molar-refractivity contribution in [2.45, 2.75) is 32.3 Å². The number of fused-ring (bicyclic) bond motifs is 1. The Kier molecular flexibility index (Phi) is 4.16. The minimum absolute atomic E-state index is 0.0773. The predicted molar refractivity (Wildman–Crippen MR) is 83.3 cm³/mol. The van der Waals surface area contributed by atoms with Crippen molar-refractivity contribution in [3.8, 4) is 0 Å². The largest absolute Gasteiger partial charge is 0.373 e. The third-order valence-corrected chi connectivity index (χ3v) is 4.15. The van der Waals surface area contributed by atoms with Crippen molar-refractivity contribution in [1.29, 1.82) is 0 Å². The van der Waals surface area contributed by atoms with Crippen LogP contribution in [-0.2, 0) is 22.4 Å². The van der Waals surface area contributed by atoms with Crippen molar-refractivity contribution in [3.63, 3.8) is 0 Å². The van der Waals surface area contributed by atoms with Crippen molar-refractivity contribution >= 4 is 5.78 Å². The highest BCUT2D eigenvalue weighted by atomic mass is 16.5. The second-order valence-electron chi connectivity index (χ2n) is 5.65. The fraction of sp³-hybridized carbons (Fsp3) is 0.316. The Morgan fingerprint density at radius 2 is 1.90 bits per heavy atom. The van der Waals surface area contributed by atoms with Gasteiger partial charge in [-0.15, -0.1) is 0 Å². The monoisotopic (exact) mass is 280 g/mol. The molecule has 0 radical (unpaired) electrons. The Balaban J connectivity index is 1.70. The molecule has 2 nitrogen and oxygen atoms in total. The van der Waals surface area contributed by atoms with Gasteiger partial charge in [0.1, 0.15) is 5.78 Å². The molecular formula is C19H20O2. The van der Waals surface area contributed by atoms with E-state index in [1.807, 2.05) is 24.3 Å². The average molecular weight is 280 g/mol. The smallest absolute Gasteiger partial charge is 0.140 e. The van der Waals surface area contributed by atoms with Crippen LogP contribution < -0.4 is 0 Å². The number of Topliss-reactive ketones (excluding diaryl/α,β-unsaturated/α-hetero) is 1. The van der Waals surface area contributed by atoms with Crippen LogP contribution in [-0.4, -0.2) is 12.4 Å². The summed E-state index contributed by atoms with van der Waals surface area (Å²) < 4.78 is 5.82. The first-order valence-electron chi connectivity index (χ1n) is 7.49. The highest BCUT2D eigenvalue weighted by molar-refractivity contribution is 5.81. The van der Waals surface area contributed by atoms with Crippen LogP contribution in [0.3, 0.4) is 0 Å². The van der Waals surface area contributed by atoms with Crippen LogP contribution >= 0.6 is 0 Å². The van der Waals surface area contributed by atoms with E-state index in [2.05, 4.69) is 31.2 Å². The summed E-state index contributed by atoms with van der Waals surface area (Å²) in [5.74, 6) is 0.242. The molecular weight excluding hydrogens is 260 g/mol. The van der Waals surface area contributed by atoms with Gasteiger partial charge in [0.2, 0.25) is 0 Å². The van der Waals surface area contributed by atoms with E-state index in [0.717, 1.165) is 12.0 Å². The van der Waals surface area contributed by atoms with Crippen LogP contribution in [0, 0.1) is 6.92 Å². The van der Waals surface area contributed by atoms with Crippen LogP contribution in [0.1, 0.15) is 34.8 Å². The van der Waals surface area contributed by atoms with Crippen molar-refractivity contribution in [3.05, 3.63) is 70.8 Å². The summed E-state index contributed by atoms with van der Waals surface area (Å²) >= 11 is 0. The van der Waals surface area contributed by atoms with Crippen molar-refractivity contribution in [2.75, 3.05) is 6.61 Å². The molecule has 1 atom stereocenters. The third kappa shape index (κ3) is 3.22. The lowest BCUT2D eigenvalue weighted by molar-refractivity contribution is -0.121. The van der Waals surface area contributed by atoms with E-state index in [9.17, 15) is 4.79 Å². The minimum Gasteiger partial charge on any atom is -0.373 e. The highest BCUT2D eigenvalue weighted by Gasteiger charge is 2.23. The van der Waals surface area contributed by atoms with Crippen molar-refractivity contribution < 1.29 is 9.53 Å². The molecule has 1 heterocycles. The standard InChI is InChI=1S/C19H20O2/c1-14-6-2-3-8-16(14)12-17(20)13-19-18-9-5-4-7-15(18)10-11-21-19/h2-9,19H,10-13H2,1H3. The zero-order valence-corrected chi connectivity index (χ0v) is 12.3. The van der Waals surface area contributed by atoms with E-state index in [-0.39, 0.29) is 11.9 Å². The Bertz CT molecular complexity index is 646. The van der Waals surface area contributed by atoms with E-state index >= 15 is 0 Å². The summed E-state index contributed by atoms with van der Waals surface area (Å²) in [7, 11) is 0. The Morgan fingerprint density at radius 3 is 2.76 bits per heavy atom. The van der Waals surface area contributed by atoms with Gasteiger partial charge in [0.05, 0.1) is 12.7 Å². The molecule has 1 aliphatic rings. The number of hydrogen-bond donors (Lipinski definition) is 0. The molecule has 0 bridgehead atoms. The molecule has 0 aromatic heterocycles. The molecule has 1 aliphatic heterocycles. The fourth-order valence-corrected chi connectivity index (χ4v) is 2.95. The normalized spacial score (nSPS) is 17.3. The van der Waals surface area contributed by atoms with Gasteiger partial charge in [0.25, 0.3) is 0 Å². The molecule has 0 fully saturated rings. The average Bonchev–Trinajstić information content (AvgIpc) is 2.50. The summed E-state index contributed by atoms with van der Waals surface area (Å²) in [5.41, 5.74) is 4.79. The quantitative estimate of drug-likeness (QED) is 0.851. The van der Waals surface area contributed by atoms with E-state index in [4.69, 9.17) is 4.74 Å². The van der Waals surface area contributed by atoms with Crippen molar-refractivity contribution in [1.82, 2.24) is 0 Å². The highest BCUT2D eigenvalue weighted by Crippen LogP contribution is 2.30. The Labute approximate surface area is 125 Å². The maximum Gasteiger partial charge on any atom is 0.140 e. The van der Waals surface area contributed by atoms with E-state index < -0.39 is 0 Å². The van der Waals surface area contributed by atoms with Crippen LogP contribution in [0.4, 0.5) is 0 Å². The summed E-state index contributed by atoms with van der Waals surface area (Å²) in [6.07, 6.45) is 1.82. The topological polar surface area (TPSA) is 26.3 Å². The van der Waals surface area contributed by atoms with Crippen molar-refractivity contribution in [2.24, 2.45) is 0 Å². The molecule has 3 rings (SSSR count). The predicted octanol–water partition coefficient (Wildman–Crippen LogP) is 3.81. The Hall–Kier alpha value is -1.93. The SMILES string of the molecule is Cc1ccccc1CC(=O)CC1OCCc2ccccc21. The molecule has 0 aliphatic carbocycles. The second kappa shape index (κ2) is 6.23. The third-order valence-electron chi connectivity index (χ3n) is 4.15. The van der Waals surface area contributed by atoms with Gasteiger partial charge in [0, 0.05) is 12.8 Å². The lowest BCUT2D eigenvalue weighted by atomic mass is 9.93.